The first kappa shape index (κ1) is 16.0. The van der Waals surface area contributed by atoms with Crippen LogP contribution in [0.2, 0.25) is 0 Å². The first-order chi connectivity index (χ1) is 8.88. The van der Waals surface area contributed by atoms with Crippen molar-refractivity contribution in [2.75, 3.05) is 26.4 Å². The number of ether oxygens (including phenoxy) is 2. The first-order valence-electron chi connectivity index (χ1n) is 7.01. The molecule has 0 heterocycles. The van der Waals surface area contributed by atoms with E-state index in [-0.39, 0.29) is 5.54 Å². The Bertz CT molecular complexity index is 383. The number of rotatable bonds is 7. The molecule has 1 rings (SSSR count). The molecule has 0 atom stereocenters. The van der Waals surface area contributed by atoms with Gasteiger partial charge >= 0.3 is 0 Å². The van der Waals surface area contributed by atoms with Gasteiger partial charge in [0.05, 0.1) is 25.3 Å². The van der Waals surface area contributed by atoms with Gasteiger partial charge in [-0.3, -0.25) is 0 Å². The Hall–Kier alpha value is -1.06. The van der Waals surface area contributed by atoms with Gasteiger partial charge in [-0.25, -0.2) is 0 Å². The summed E-state index contributed by atoms with van der Waals surface area (Å²) in [6, 6.07) is 6.17. The minimum Gasteiger partial charge on any atom is -0.491 e. The summed E-state index contributed by atoms with van der Waals surface area (Å²) in [5, 5.41) is 2.29. The van der Waals surface area contributed by atoms with Crippen molar-refractivity contribution in [2.45, 2.75) is 40.2 Å². The highest BCUT2D eigenvalue weighted by atomic mass is 16.5. The van der Waals surface area contributed by atoms with E-state index in [0.29, 0.717) is 13.2 Å². The van der Waals surface area contributed by atoms with Gasteiger partial charge in [-0.2, -0.15) is 0 Å². The van der Waals surface area contributed by atoms with Gasteiger partial charge in [-0.15, -0.1) is 0 Å². The van der Waals surface area contributed by atoms with Crippen molar-refractivity contribution in [2.24, 2.45) is 0 Å². The van der Waals surface area contributed by atoms with E-state index < -0.39 is 0 Å². The molecule has 0 bridgehead atoms. The maximum atomic E-state index is 5.65. The zero-order valence-electron chi connectivity index (χ0n) is 13.0. The number of hydrogen-bond donors (Lipinski definition) is 1. The van der Waals surface area contributed by atoms with Gasteiger partial charge in [0.25, 0.3) is 0 Å². The summed E-state index contributed by atoms with van der Waals surface area (Å²) < 4.78 is 11.2. The van der Waals surface area contributed by atoms with Crippen LogP contribution in [0.5, 0.6) is 5.75 Å². The summed E-state index contributed by atoms with van der Waals surface area (Å²) >= 11 is 0. The normalized spacial score (nSPS) is 11.6. The third-order valence-electron chi connectivity index (χ3n) is 2.99. The monoisotopic (exact) mass is 266 g/mol. The van der Waals surface area contributed by atoms with E-state index in [0.717, 1.165) is 18.9 Å². The number of benzene rings is 1. The summed E-state index contributed by atoms with van der Waals surface area (Å²) in [5.74, 6) is 0.924. The topological polar surface area (TPSA) is 35.1 Å². The van der Waals surface area contributed by atoms with Gasteiger partial charge in [0, 0.05) is 0 Å². The molecule has 0 unspecified atom stereocenters. The smallest absolute Gasteiger partial charge is 0.119 e. The molecule has 1 aromatic carbocycles. The lowest BCUT2D eigenvalue weighted by molar-refractivity contribution is -0.718. The summed E-state index contributed by atoms with van der Waals surface area (Å²) in [7, 11) is 0. The zero-order valence-corrected chi connectivity index (χ0v) is 13.0. The summed E-state index contributed by atoms with van der Waals surface area (Å²) in [4.78, 5) is 0. The fraction of sp³-hybridized carbons (Fsp3) is 0.625. The molecule has 108 valence electrons. The van der Waals surface area contributed by atoms with Gasteiger partial charge in [0.1, 0.15) is 12.4 Å². The molecule has 19 heavy (non-hydrogen) atoms. The van der Waals surface area contributed by atoms with Crippen molar-refractivity contribution in [3.63, 3.8) is 0 Å². The quantitative estimate of drug-likeness (QED) is 0.767. The van der Waals surface area contributed by atoms with Crippen LogP contribution in [-0.2, 0) is 4.74 Å². The van der Waals surface area contributed by atoms with Crippen LogP contribution in [-0.4, -0.2) is 31.9 Å². The Morgan fingerprint density at radius 3 is 2.37 bits per heavy atom. The fourth-order valence-electron chi connectivity index (χ4n) is 1.70. The number of aryl methyl sites for hydroxylation is 2. The van der Waals surface area contributed by atoms with E-state index in [9.17, 15) is 0 Å². The Labute approximate surface area is 117 Å². The van der Waals surface area contributed by atoms with Crippen LogP contribution in [0.25, 0.3) is 0 Å². The van der Waals surface area contributed by atoms with Crippen LogP contribution in [0, 0.1) is 13.8 Å². The molecule has 2 N–H and O–H groups in total. The molecule has 0 saturated carbocycles. The van der Waals surface area contributed by atoms with Crippen molar-refractivity contribution in [1.82, 2.24) is 0 Å². The largest absolute Gasteiger partial charge is 0.491 e. The molecule has 0 amide bonds. The maximum absolute atomic E-state index is 5.65. The Morgan fingerprint density at radius 1 is 1.00 bits per heavy atom. The van der Waals surface area contributed by atoms with Crippen LogP contribution >= 0.6 is 0 Å². The summed E-state index contributed by atoms with van der Waals surface area (Å²) in [5.41, 5.74) is 2.83. The second-order valence-electron chi connectivity index (χ2n) is 6.07. The molecule has 0 radical (unpaired) electrons. The highest BCUT2D eigenvalue weighted by Crippen LogP contribution is 2.16. The third kappa shape index (κ3) is 7.19. The van der Waals surface area contributed by atoms with Gasteiger partial charge in [-0.1, -0.05) is 6.07 Å². The van der Waals surface area contributed by atoms with Gasteiger partial charge in [-0.05, 0) is 57.9 Å². The molecule has 1 aromatic rings. The predicted molar refractivity (Wildman–Crippen MR) is 78.8 cm³/mol. The highest BCUT2D eigenvalue weighted by molar-refractivity contribution is 5.33. The van der Waals surface area contributed by atoms with Gasteiger partial charge < -0.3 is 14.8 Å². The molecule has 0 aliphatic rings. The lowest BCUT2D eigenvalue weighted by atomic mass is 10.1. The van der Waals surface area contributed by atoms with Gasteiger partial charge in [0.2, 0.25) is 0 Å². The lowest BCUT2D eigenvalue weighted by Gasteiger charge is -2.16. The number of hydrogen-bond acceptors (Lipinski definition) is 2. The second-order valence-corrected chi connectivity index (χ2v) is 6.07. The molecule has 0 fully saturated rings. The van der Waals surface area contributed by atoms with E-state index in [1.54, 1.807) is 0 Å². The number of nitrogens with two attached hydrogens (primary N) is 1. The van der Waals surface area contributed by atoms with E-state index >= 15 is 0 Å². The van der Waals surface area contributed by atoms with Crippen LogP contribution in [0.4, 0.5) is 0 Å². The van der Waals surface area contributed by atoms with Crippen LogP contribution < -0.4 is 10.1 Å². The molecule has 0 aliphatic heterocycles. The predicted octanol–water partition coefficient (Wildman–Crippen LogP) is 2.06. The van der Waals surface area contributed by atoms with Crippen molar-refractivity contribution in [1.29, 1.82) is 0 Å². The average Bonchev–Trinajstić information content (AvgIpc) is 2.31. The highest BCUT2D eigenvalue weighted by Gasteiger charge is 2.11. The summed E-state index contributed by atoms with van der Waals surface area (Å²) in [6.45, 7) is 13.8. The van der Waals surface area contributed by atoms with Crippen LogP contribution in [0.1, 0.15) is 31.9 Å². The molecule has 0 aromatic heterocycles. The molecule has 3 heteroatoms. The molecule has 3 nitrogen and oxygen atoms in total. The standard InChI is InChI=1S/C16H27NO2/c1-13-6-7-15(12-14(13)2)19-11-10-18-9-8-17-16(3,4)5/h6-7,12,17H,8-11H2,1-5H3/p+1. The Balaban J connectivity index is 2.09. The van der Waals surface area contributed by atoms with E-state index in [1.807, 2.05) is 6.07 Å². The van der Waals surface area contributed by atoms with Crippen molar-refractivity contribution in [3.8, 4) is 5.75 Å². The fourth-order valence-corrected chi connectivity index (χ4v) is 1.70. The molecule has 0 spiro atoms. The zero-order chi connectivity index (χ0) is 14.3. The lowest BCUT2D eigenvalue weighted by Crippen LogP contribution is -2.95. The Morgan fingerprint density at radius 2 is 1.74 bits per heavy atom. The maximum Gasteiger partial charge on any atom is 0.119 e. The SMILES string of the molecule is Cc1ccc(OCCOCC[NH2+]C(C)(C)C)cc1C. The van der Waals surface area contributed by atoms with E-state index in [2.05, 4.69) is 52.1 Å². The average molecular weight is 266 g/mol. The first-order valence-corrected chi connectivity index (χ1v) is 7.01. The van der Waals surface area contributed by atoms with Crippen molar-refractivity contribution >= 4 is 0 Å². The third-order valence-corrected chi connectivity index (χ3v) is 2.99. The van der Waals surface area contributed by atoms with E-state index in [1.165, 1.54) is 11.1 Å². The second kappa shape index (κ2) is 7.51. The molecule has 0 saturated heterocycles. The van der Waals surface area contributed by atoms with Gasteiger partial charge in [0.15, 0.2) is 0 Å². The van der Waals surface area contributed by atoms with E-state index in [4.69, 9.17) is 9.47 Å². The van der Waals surface area contributed by atoms with Crippen molar-refractivity contribution in [3.05, 3.63) is 29.3 Å². The molecular formula is C16H28NO2+. The minimum atomic E-state index is 0.277. The van der Waals surface area contributed by atoms with Crippen LogP contribution in [0.3, 0.4) is 0 Å². The Kier molecular flexibility index (Phi) is 6.32. The minimum absolute atomic E-state index is 0.277. The molecule has 0 aliphatic carbocycles. The van der Waals surface area contributed by atoms with Crippen LogP contribution in [0.15, 0.2) is 18.2 Å². The van der Waals surface area contributed by atoms with Crippen molar-refractivity contribution < 1.29 is 14.8 Å². The summed E-state index contributed by atoms with van der Waals surface area (Å²) in [6.07, 6.45) is 0. The number of quaternary nitrogens is 1. The molecular weight excluding hydrogens is 238 g/mol.